The van der Waals surface area contributed by atoms with Gasteiger partial charge in [0.05, 0.1) is 21.6 Å². The highest BCUT2D eigenvalue weighted by Gasteiger charge is 2.17. The number of para-hydroxylation sites is 3. The van der Waals surface area contributed by atoms with E-state index in [-0.39, 0.29) is 22.7 Å². The number of hydrogen-bond donors (Lipinski definition) is 1. The number of amides is 1. The molecule has 0 spiro atoms. The third kappa shape index (κ3) is 6.41. The molecular weight excluding hydrogens is 460 g/mol. The predicted octanol–water partition coefficient (Wildman–Crippen LogP) is 3.62. The quantitative estimate of drug-likeness (QED) is 0.152. The van der Waals surface area contributed by atoms with E-state index in [9.17, 15) is 24.5 Å². The topological polar surface area (TPSA) is 133 Å². The number of esters is 1. The lowest BCUT2D eigenvalue weighted by molar-refractivity contribution is -0.383. The molecule has 1 amide bonds. The number of ether oxygens (including phenoxy) is 1. The van der Waals surface area contributed by atoms with Gasteiger partial charge in [0.15, 0.2) is 11.8 Å². The molecule has 0 radical (unpaired) electrons. The summed E-state index contributed by atoms with van der Waals surface area (Å²) in [6.07, 6.45) is 0.768. The summed E-state index contributed by atoms with van der Waals surface area (Å²) in [5.74, 6) is -1.17. The molecule has 0 saturated heterocycles. The van der Waals surface area contributed by atoms with E-state index in [0.717, 1.165) is 18.2 Å². The molecule has 0 aliphatic heterocycles. The molecule has 0 aliphatic rings. The molecule has 1 aromatic heterocycles. The van der Waals surface area contributed by atoms with E-state index >= 15 is 0 Å². The van der Waals surface area contributed by atoms with Gasteiger partial charge in [-0.2, -0.15) is 0 Å². The van der Waals surface area contributed by atoms with Gasteiger partial charge in [0.25, 0.3) is 17.2 Å². The van der Waals surface area contributed by atoms with Crippen molar-refractivity contribution in [2.45, 2.75) is 32.0 Å². The number of rotatable bonds is 10. The second-order valence-electron chi connectivity index (χ2n) is 7.82. The molecule has 0 fully saturated rings. The number of nitrogens with one attached hydrogen (secondary N) is 1. The normalized spacial score (nSPS) is 10.9. The number of nitrogens with zero attached hydrogens (tertiary/aromatic N) is 3. The third-order valence-electron chi connectivity index (χ3n) is 4.81. The Morgan fingerprint density at radius 1 is 1.18 bits per heavy atom. The first-order valence-electron chi connectivity index (χ1n) is 10.6. The minimum atomic E-state index is -0.703. The van der Waals surface area contributed by atoms with Crippen LogP contribution in [0.1, 0.15) is 20.3 Å². The molecule has 11 heteroatoms. The molecule has 10 nitrogen and oxygen atoms in total. The van der Waals surface area contributed by atoms with E-state index in [0.29, 0.717) is 28.5 Å². The van der Waals surface area contributed by atoms with Gasteiger partial charge in [0.1, 0.15) is 5.69 Å². The Morgan fingerprint density at radius 2 is 1.88 bits per heavy atom. The summed E-state index contributed by atoms with van der Waals surface area (Å²) < 4.78 is 6.55. The minimum absolute atomic E-state index is 0.0115. The molecule has 1 heterocycles. The van der Waals surface area contributed by atoms with Gasteiger partial charge in [-0.05, 0) is 30.5 Å². The van der Waals surface area contributed by atoms with Crippen LogP contribution < -0.4 is 10.9 Å². The van der Waals surface area contributed by atoms with E-state index in [1.54, 1.807) is 34.9 Å². The SMILES string of the molecule is CC(C)CCn1c(SCC(=O)OCC(=O)Nc2ccccc2[N+](=O)[O-])nc2ccccc2c1=O. The average Bonchev–Trinajstić information content (AvgIpc) is 2.81. The highest BCUT2D eigenvalue weighted by Crippen LogP contribution is 2.23. The standard InChI is InChI=1S/C23H24N4O6S/c1-15(2)11-12-26-22(30)16-7-3-4-8-17(16)25-23(26)34-14-21(29)33-13-20(28)24-18-9-5-6-10-19(18)27(31)32/h3-10,15H,11-14H2,1-2H3,(H,24,28). The zero-order chi connectivity index (χ0) is 24.7. The van der Waals surface area contributed by atoms with E-state index in [1.165, 1.54) is 18.2 Å². The monoisotopic (exact) mass is 484 g/mol. The Kier molecular flexibility index (Phi) is 8.36. The highest BCUT2D eigenvalue weighted by atomic mass is 32.2. The van der Waals surface area contributed by atoms with Crippen molar-refractivity contribution in [3.05, 3.63) is 69.0 Å². The predicted molar refractivity (Wildman–Crippen MR) is 129 cm³/mol. The molecule has 1 N–H and O–H groups in total. The Labute approximate surface area is 199 Å². The van der Waals surface area contributed by atoms with Gasteiger partial charge in [-0.25, -0.2) is 4.98 Å². The number of fused-ring (bicyclic) bond motifs is 1. The average molecular weight is 485 g/mol. The van der Waals surface area contributed by atoms with Gasteiger partial charge in [-0.1, -0.05) is 49.9 Å². The van der Waals surface area contributed by atoms with Crippen LogP contribution >= 0.6 is 11.8 Å². The molecule has 0 bridgehead atoms. The maximum Gasteiger partial charge on any atom is 0.316 e. The van der Waals surface area contributed by atoms with Crippen LogP contribution in [0.3, 0.4) is 0 Å². The zero-order valence-corrected chi connectivity index (χ0v) is 19.5. The Balaban J connectivity index is 1.63. The van der Waals surface area contributed by atoms with Crippen LogP contribution in [0.2, 0.25) is 0 Å². The van der Waals surface area contributed by atoms with E-state index in [2.05, 4.69) is 24.1 Å². The van der Waals surface area contributed by atoms with E-state index < -0.39 is 23.4 Å². The summed E-state index contributed by atoms with van der Waals surface area (Å²) in [5.41, 5.74) is 0.107. The van der Waals surface area contributed by atoms with E-state index in [4.69, 9.17) is 4.74 Å². The van der Waals surface area contributed by atoms with Crippen LogP contribution in [0, 0.1) is 16.0 Å². The summed E-state index contributed by atoms with van der Waals surface area (Å²) in [7, 11) is 0. The molecular formula is C23H24N4O6S. The number of aromatic nitrogens is 2. The minimum Gasteiger partial charge on any atom is -0.455 e. The van der Waals surface area contributed by atoms with Crippen LogP contribution in [-0.4, -0.2) is 38.7 Å². The van der Waals surface area contributed by atoms with Crippen molar-refractivity contribution >= 4 is 45.9 Å². The lowest BCUT2D eigenvalue weighted by Gasteiger charge is -2.14. The van der Waals surface area contributed by atoms with Crippen molar-refractivity contribution in [2.24, 2.45) is 5.92 Å². The fraction of sp³-hybridized carbons (Fsp3) is 0.304. The van der Waals surface area contributed by atoms with Crippen LogP contribution in [0.4, 0.5) is 11.4 Å². The van der Waals surface area contributed by atoms with Crippen molar-refractivity contribution in [2.75, 3.05) is 17.7 Å². The first-order valence-corrected chi connectivity index (χ1v) is 11.6. The second-order valence-corrected chi connectivity index (χ2v) is 8.77. The highest BCUT2D eigenvalue weighted by molar-refractivity contribution is 7.99. The molecule has 0 atom stereocenters. The smallest absolute Gasteiger partial charge is 0.316 e. The lowest BCUT2D eigenvalue weighted by atomic mass is 10.1. The molecule has 178 valence electrons. The maximum atomic E-state index is 13.0. The van der Waals surface area contributed by atoms with Crippen LogP contribution in [0.15, 0.2) is 58.5 Å². The zero-order valence-electron chi connectivity index (χ0n) is 18.7. The molecule has 3 rings (SSSR count). The third-order valence-corrected chi connectivity index (χ3v) is 5.76. The summed E-state index contributed by atoms with van der Waals surface area (Å²) >= 11 is 1.05. The number of benzene rings is 2. The van der Waals surface area contributed by atoms with Crippen molar-refractivity contribution in [3.63, 3.8) is 0 Å². The molecule has 2 aromatic carbocycles. The summed E-state index contributed by atoms with van der Waals surface area (Å²) in [6, 6.07) is 12.7. The number of carbonyl (C=O) groups is 2. The number of thioether (sulfide) groups is 1. The van der Waals surface area contributed by atoms with Crippen molar-refractivity contribution in [1.82, 2.24) is 9.55 Å². The van der Waals surface area contributed by atoms with Crippen LogP contribution in [0.5, 0.6) is 0 Å². The van der Waals surface area contributed by atoms with Gasteiger partial charge in [0, 0.05) is 12.6 Å². The van der Waals surface area contributed by atoms with Gasteiger partial charge >= 0.3 is 5.97 Å². The molecule has 0 aliphatic carbocycles. The van der Waals surface area contributed by atoms with Crippen LogP contribution in [0.25, 0.3) is 10.9 Å². The van der Waals surface area contributed by atoms with Gasteiger partial charge in [-0.3, -0.25) is 29.1 Å². The van der Waals surface area contributed by atoms with Crippen molar-refractivity contribution < 1.29 is 19.2 Å². The largest absolute Gasteiger partial charge is 0.455 e. The summed E-state index contributed by atoms with van der Waals surface area (Å²) in [6.45, 7) is 3.97. The first-order chi connectivity index (χ1) is 16.3. The Hall–Kier alpha value is -3.73. The number of anilines is 1. The van der Waals surface area contributed by atoms with Gasteiger partial charge in [-0.15, -0.1) is 0 Å². The Morgan fingerprint density at radius 3 is 2.62 bits per heavy atom. The fourth-order valence-electron chi connectivity index (χ4n) is 3.08. The van der Waals surface area contributed by atoms with Crippen LogP contribution in [-0.2, 0) is 20.9 Å². The van der Waals surface area contributed by atoms with Gasteiger partial charge in [0.2, 0.25) is 0 Å². The lowest BCUT2D eigenvalue weighted by Crippen LogP contribution is -2.25. The number of hydrogen-bond acceptors (Lipinski definition) is 8. The summed E-state index contributed by atoms with van der Waals surface area (Å²) in [5, 5.41) is 14.3. The number of nitro groups is 1. The van der Waals surface area contributed by atoms with Crippen molar-refractivity contribution in [3.8, 4) is 0 Å². The first kappa shape index (κ1) is 24.9. The fourth-order valence-corrected chi connectivity index (χ4v) is 3.90. The van der Waals surface area contributed by atoms with E-state index in [1.807, 2.05) is 0 Å². The molecule has 0 saturated carbocycles. The van der Waals surface area contributed by atoms with Gasteiger partial charge < -0.3 is 10.1 Å². The number of nitro benzene ring substituents is 1. The molecule has 34 heavy (non-hydrogen) atoms. The molecule has 3 aromatic rings. The Bertz CT molecular complexity index is 1270. The molecule has 0 unspecified atom stereocenters. The number of carbonyl (C=O) groups excluding carboxylic acids is 2. The maximum absolute atomic E-state index is 13.0. The second kappa shape index (κ2) is 11.4. The summed E-state index contributed by atoms with van der Waals surface area (Å²) in [4.78, 5) is 52.2. The van der Waals surface area contributed by atoms with Crippen molar-refractivity contribution in [1.29, 1.82) is 0 Å².